The van der Waals surface area contributed by atoms with E-state index in [1.54, 1.807) is 11.8 Å². The average molecular weight is 709 g/mol. The smallest absolute Gasteiger partial charge is 0.222 e. The van der Waals surface area contributed by atoms with Crippen molar-refractivity contribution in [2.24, 2.45) is 4.99 Å². The van der Waals surface area contributed by atoms with Crippen molar-refractivity contribution < 1.29 is 4.79 Å². The van der Waals surface area contributed by atoms with Gasteiger partial charge in [0.2, 0.25) is 5.91 Å². The molecule has 0 unspecified atom stereocenters. The number of hydrogen-bond donors (Lipinski definition) is 1. The Kier molecular flexibility index (Phi) is 10.3. The number of rotatable bonds is 9. The normalized spacial score (nSPS) is 13.2. The third kappa shape index (κ3) is 7.59. The van der Waals surface area contributed by atoms with Gasteiger partial charge in [-0.2, -0.15) is 0 Å². The number of thioether (sulfide) groups is 1. The molecular weight excluding hydrogens is 669 g/mol. The molecule has 0 aliphatic carbocycles. The van der Waals surface area contributed by atoms with E-state index in [1.165, 1.54) is 6.92 Å². The first-order valence-electron chi connectivity index (χ1n) is 16.0. The number of carbonyl (C=O) groups excluding carboxylic acids is 1. The Balaban J connectivity index is 1.53. The summed E-state index contributed by atoms with van der Waals surface area (Å²) in [4.78, 5) is 24.1. The molecule has 250 valence electrons. The van der Waals surface area contributed by atoms with Gasteiger partial charge in [-0.25, -0.2) is 4.99 Å². The summed E-state index contributed by atoms with van der Waals surface area (Å²) in [7, 11) is 8.16. The third-order valence-corrected chi connectivity index (χ3v) is 10.5. The highest BCUT2D eigenvalue weighted by molar-refractivity contribution is 8.15. The monoisotopic (exact) mass is 707 g/mol. The van der Waals surface area contributed by atoms with E-state index in [4.69, 9.17) is 28.2 Å². The fourth-order valence-corrected chi connectivity index (χ4v) is 7.76. The summed E-state index contributed by atoms with van der Waals surface area (Å²) in [6.07, 6.45) is 0. The van der Waals surface area contributed by atoms with Crippen LogP contribution in [0.5, 0.6) is 0 Å². The van der Waals surface area contributed by atoms with Crippen molar-refractivity contribution in [2.45, 2.75) is 24.8 Å². The SMILES string of the molecule is CC(=O)NC1=Nc2cc(N(Cc3ccc(Cl)cc3)Cc3ccc(Cl)cc3)ccc2C(c2ccc(N(C)C)cc2)(c2ccc(N(C)C)cc2)S1. The lowest BCUT2D eigenvalue weighted by atomic mass is 9.82. The highest BCUT2D eigenvalue weighted by atomic mass is 35.5. The van der Waals surface area contributed by atoms with Gasteiger partial charge in [-0.3, -0.25) is 4.79 Å². The molecule has 0 saturated carbocycles. The van der Waals surface area contributed by atoms with E-state index in [0.717, 1.165) is 50.6 Å². The Morgan fingerprint density at radius 1 is 0.673 bits per heavy atom. The summed E-state index contributed by atoms with van der Waals surface area (Å²) in [5.41, 5.74) is 9.49. The van der Waals surface area contributed by atoms with E-state index in [9.17, 15) is 4.79 Å². The molecule has 1 amide bonds. The van der Waals surface area contributed by atoms with Crippen LogP contribution in [0.25, 0.3) is 0 Å². The first-order chi connectivity index (χ1) is 23.5. The van der Waals surface area contributed by atoms with Crippen LogP contribution >= 0.6 is 35.0 Å². The van der Waals surface area contributed by atoms with E-state index in [2.05, 4.69) is 111 Å². The van der Waals surface area contributed by atoms with Gasteiger partial charge in [0.1, 0.15) is 4.75 Å². The number of nitrogens with zero attached hydrogens (tertiary/aromatic N) is 4. The zero-order valence-electron chi connectivity index (χ0n) is 28.2. The van der Waals surface area contributed by atoms with E-state index < -0.39 is 4.75 Å². The molecule has 49 heavy (non-hydrogen) atoms. The van der Waals surface area contributed by atoms with Crippen LogP contribution in [-0.4, -0.2) is 39.3 Å². The molecule has 6 nitrogen and oxygen atoms in total. The van der Waals surface area contributed by atoms with Gasteiger partial charge in [0.05, 0.1) is 5.69 Å². The van der Waals surface area contributed by atoms with Gasteiger partial charge < -0.3 is 20.0 Å². The number of nitrogens with one attached hydrogen (secondary N) is 1. The van der Waals surface area contributed by atoms with E-state index in [0.29, 0.717) is 28.3 Å². The highest BCUT2D eigenvalue weighted by Crippen LogP contribution is 2.55. The van der Waals surface area contributed by atoms with E-state index in [1.807, 2.05) is 52.5 Å². The van der Waals surface area contributed by atoms with Gasteiger partial charge >= 0.3 is 0 Å². The molecule has 1 N–H and O–H groups in total. The van der Waals surface area contributed by atoms with Gasteiger partial charge in [0.15, 0.2) is 5.17 Å². The molecule has 0 atom stereocenters. The predicted molar refractivity (Wildman–Crippen MR) is 209 cm³/mol. The number of carbonyl (C=O) groups is 1. The predicted octanol–water partition coefficient (Wildman–Crippen LogP) is 9.49. The summed E-state index contributed by atoms with van der Waals surface area (Å²) >= 11 is 14.0. The molecule has 0 aromatic heterocycles. The van der Waals surface area contributed by atoms with Gasteiger partial charge in [-0.1, -0.05) is 89.6 Å². The minimum absolute atomic E-state index is 0.169. The number of anilines is 3. The van der Waals surface area contributed by atoms with Crippen LogP contribution in [0.4, 0.5) is 22.7 Å². The Morgan fingerprint density at radius 3 is 1.55 bits per heavy atom. The van der Waals surface area contributed by atoms with Gasteiger partial charge in [0.25, 0.3) is 0 Å². The summed E-state index contributed by atoms with van der Waals surface area (Å²) < 4.78 is -0.694. The van der Waals surface area contributed by atoms with Crippen molar-refractivity contribution in [2.75, 3.05) is 42.9 Å². The van der Waals surface area contributed by atoms with Crippen LogP contribution in [-0.2, 0) is 22.6 Å². The number of amidine groups is 1. The van der Waals surface area contributed by atoms with Crippen molar-refractivity contribution in [1.82, 2.24) is 5.32 Å². The molecule has 5 aromatic carbocycles. The maximum atomic E-state index is 12.5. The Bertz CT molecular complexity index is 1860. The number of amides is 1. The summed E-state index contributed by atoms with van der Waals surface area (Å²) in [5.74, 6) is -0.169. The quantitative estimate of drug-likeness (QED) is 0.165. The lowest BCUT2D eigenvalue weighted by Gasteiger charge is -2.39. The molecule has 1 heterocycles. The summed E-state index contributed by atoms with van der Waals surface area (Å²) in [5, 5.41) is 4.99. The Labute approximate surface area is 303 Å². The van der Waals surface area contributed by atoms with Crippen LogP contribution in [0.1, 0.15) is 34.7 Å². The standard InChI is InChI=1S/C40H39Cl2N5OS/c1-27(48)43-39-44-38-24-36(47(25-28-6-14-32(41)15-7-28)26-29-8-16-33(42)17-9-29)22-23-37(38)40(49-39,30-10-18-34(19-11-30)45(2)3)31-12-20-35(21-13-31)46(4)5/h6-24H,25-26H2,1-5H3,(H,43,44,48). The third-order valence-electron chi connectivity index (χ3n) is 8.63. The van der Waals surface area contributed by atoms with Gasteiger partial charge in [0, 0.05) is 80.9 Å². The fraction of sp³-hybridized carbons (Fsp3) is 0.200. The number of hydrogen-bond acceptors (Lipinski definition) is 6. The fourth-order valence-electron chi connectivity index (χ4n) is 6.09. The molecule has 6 rings (SSSR count). The van der Waals surface area contributed by atoms with Crippen LogP contribution in [0.15, 0.2) is 120 Å². The number of halogens is 2. The maximum absolute atomic E-state index is 12.5. The molecule has 1 aliphatic rings. The number of benzene rings is 5. The van der Waals surface area contributed by atoms with E-state index >= 15 is 0 Å². The molecular formula is C40H39Cl2N5OS. The van der Waals surface area contributed by atoms with Crippen molar-refractivity contribution in [1.29, 1.82) is 0 Å². The molecule has 1 aliphatic heterocycles. The van der Waals surface area contributed by atoms with Crippen molar-refractivity contribution >= 4 is 68.8 Å². The minimum atomic E-state index is -0.694. The second-order valence-corrected chi connectivity index (χ2v) is 14.7. The molecule has 0 radical (unpaired) electrons. The Morgan fingerprint density at radius 2 is 1.12 bits per heavy atom. The van der Waals surface area contributed by atoms with Gasteiger partial charge in [-0.05, 0) is 82.9 Å². The molecule has 5 aromatic rings. The molecule has 0 saturated heterocycles. The minimum Gasteiger partial charge on any atom is -0.378 e. The van der Waals surface area contributed by atoms with Crippen molar-refractivity contribution in [3.8, 4) is 0 Å². The van der Waals surface area contributed by atoms with Crippen LogP contribution < -0.4 is 20.0 Å². The number of aliphatic imine (C=N–C) groups is 1. The highest BCUT2D eigenvalue weighted by Gasteiger charge is 2.43. The largest absolute Gasteiger partial charge is 0.378 e. The zero-order valence-corrected chi connectivity index (χ0v) is 30.6. The molecule has 0 bridgehead atoms. The first kappa shape index (κ1) is 34.4. The van der Waals surface area contributed by atoms with Crippen LogP contribution in [0.3, 0.4) is 0 Å². The van der Waals surface area contributed by atoms with E-state index in [-0.39, 0.29) is 5.91 Å². The molecule has 9 heteroatoms. The lowest BCUT2D eigenvalue weighted by molar-refractivity contribution is -0.117. The van der Waals surface area contributed by atoms with Crippen molar-refractivity contribution in [3.05, 3.63) is 153 Å². The topological polar surface area (TPSA) is 51.2 Å². The second kappa shape index (κ2) is 14.6. The number of fused-ring (bicyclic) bond motifs is 1. The molecule has 0 fully saturated rings. The summed E-state index contributed by atoms with van der Waals surface area (Å²) in [6.45, 7) is 2.83. The maximum Gasteiger partial charge on any atom is 0.222 e. The zero-order chi connectivity index (χ0) is 34.7. The lowest BCUT2D eigenvalue weighted by Crippen LogP contribution is -2.36. The second-order valence-electron chi connectivity index (χ2n) is 12.6. The first-order valence-corrected chi connectivity index (χ1v) is 17.6. The van der Waals surface area contributed by atoms with Gasteiger partial charge in [-0.15, -0.1) is 0 Å². The van der Waals surface area contributed by atoms with Crippen LogP contribution in [0, 0.1) is 0 Å². The average Bonchev–Trinajstić information content (AvgIpc) is 3.09. The summed E-state index contributed by atoms with van der Waals surface area (Å²) in [6, 6.07) is 39.7. The van der Waals surface area contributed by atoms with Crippen LogP contribution in [0.2, 0.25) is 10.0 Å². The molecule has 0 spiro atoms. The van der Waals surface area contributed by atoms with Crippen molar-refractivity contribution in [3.63, 3.8) is 0 Å². The Hall–Kier alpha value is -4.43.